The molecule has 69 heavy (non-hydrogen) atoms. The second-order valence-electron chi connectivity index (χ2n) is 17.1. The van der Waals surface area contributed by atoms with Crippen molar-refractivity contribution in [2.75, 3.05) is 113 Å². The van der Waals surface area contributed by atoms with E-state index in [2.05, 4.69) is 40.0 Å². The lowest BCUT2D eigenvalue weighted by Gasteiger charge is -2.34. The molecule has 0 spiro atoms. The molecule has 21 heteroatoms. The lowest BCUT2D eigenvalue weighted by molar-refractivity contribution is 0.222. The Kier molecular flexibility index (Phi) is 15.7. The maximum atomic E-state index is 13.6. The molecule has 2 fully saturated rings. The van der Waals surface area contributed by atoms with Crippen LogP contribution in [0, 0.1) is 0 Å². The van der Waals surface area contributed by atoms with Gasteiger partial charge in [0.1, 0.15) is 23.6 Å². The summed E-state index contributed by atoms with van der Waals surface area (Å²) < 4.78 is 77.4. The number of sulfonamides is 2. The fraction of sp³-hybridized carbons (Fsp3) is 0.417. The van der Waals surface area contributed by atoms with Gasteiger partial charge >= 0.3 is 0 Å². The van der Waals surface area contributed by atoms with Crippen LogP contribution in [-0.2, 0) is 46.0 Å². The van der Waals surface area contributed by atoms with Crippen molar-refractivity contribution in [3.63, 3.8) is 0 Å². The second-order valence-corrected chi connectivity index (χ2v) is 21.3. The summed E-state index contributed by atoms with van der Waals surface area (Å²) in [6.45, 7) is 7.99. The van der Waals surface area contributed by atoms with Crippen LogP contribution in [0.5, 0.6) is 23.0 Å². The number of halogens is 1. The number of rotatable bonds is 9. The Balaban J connectivity index is 0.000000155. The first-order valence-electron chi connectivity index (χ1n) is 22.7. The SMILES string of the molecule is CN1CCN(S(=O)(=O)c2cccc3c2CNCC3)CC1.COc1cc2ncnc(Cl)c2cc1OC.COc1cc2ncnc(N3CCc4cccc(S(=O)(=O)N5CCN(C)CC5)c4C3)c2cc1OC. The monoisotopic (exact) mass is 1000 g/mol. The molecule has 2 aromatic heterocycles. The van der Waals surface area contributed by atoms with E-state index >= 15 is 0 Å². The van der Waals surface area contributed by atoms with Crippen molar-refractivity contribution in [1.29, 1.82) is 0 Å². The van der Waals surface area contributed by atoms with Crippen molar-refractivity contribution >= 4 is 59.3 Å². The lowest BCUT2D eigenvalue weighted by atomic mass is 9.99. The van der Waals surface area contributed by atoms with E-state index in [1.165, 1.54) is 18.2 Å². The van der Waals surface area contributed by atoms with Gasteiger partial charge in [0, 0.05) is 94.9 Å². The van der Waals surface area contributed by atoms with E-state index in [1.54, 1.807) is 61.3 Å². The minimum atomic E-state index is -3.58. The fourth-order valence-corrected chi connectivity index (χ4v) is 12.6. The van der Waals surface area contributed by atoms with Crippen molar-refractivity contribution in [1.82, 2.24) is 43.7 Å². The number of likely N-dealkylation sites (N-methyl/N-ethyl adjacent to an activating group) is 2. The summed E-state index contributed by atoms with van der Waals surface area (Å²) in [7, 11) is 3.44. The van der Waals surface area contributed by atoms with Gasteiger partial charge in [-0.25, -0.2) is 36.8 Å². The molecule has 10 rings (SSSR count). The molecule has 4 aromatic carbocycles. The Hall–Kier alpha value is -5.45. The highest BCUT2D eigenvalue weighted by Crippen LogP contribution is 2.38. The van der Waals surface area contributed by atoms with Crippen LogP contribution in [0.1, 0.15) is 22.3 Å². The number of aromatic nitrogens is 4. The highest BCUT2D eigenvalue weighted by Gasteiger charge is 2.33. The zero-order valence-electron chi connectivity index (χ0n) is 39.8. The van der Waals surface area contributed by atoms with E-state index in [9.17, 15) is 16.8 Å². The highest BCUT2D eigenvalue weighted by atomic mass is 35.5. The van der Waals surface area contributed by atoms with Gasteiger partial charge < -0.3 is 39.0 Å². The van der Waals surface area contributed by atoms with E-state index in [1.807, 2.05) is 50.5 Å². The number of anilines is 1. The van der Waals surface area contributed by atoms with Gasteiger partial charge in [0.05, 0.1) is 49.3 Å². The molecular weight excluding hydrogens is 944 g/mol. The predicted octanol–water partition coefficient (Wildman–Crippen LogP) is 4.71. The van der Waals surface area contributed by atoms with Crippen LogP contribution in [0.4, 0.5) is 5.82 Å². The van der Waals surface area contributed by atoms with Crippen LogP contribution >= 0.6 is 11.6 Å². The van der Waals surface area contributed by atoms with Crippen molar-refractivity contribution in [2.24, 2.45) is 0 Å². The summed E-state index contributed by atoms with van der Waals surface area (Å²) >= 11 is 5.93. The van der Waals surface area contributed by atoms with Gasteiger partial charge in [-0.1, -0.05) is 35.9 Å². The van der Waals surface area contributed by atoms with Gasteiger partial charge in [-0.15, -0.1) is 0 Å². The summed E-state index contributed by atoms with van der Waals surface area (Å²) in [5.41, 5.74) is 5.51. The Bertz CT molecular complexity index is 3030. The summed E-state index contributed by atoms with van der Waals surface area (Å²) in [4.78, 5) is 24.3. The molecule has 4 aliphatic heterocycles. The molecule has 0 saturated carbocycles. The van der Waals surface area contributed by atoms with Crippen LogP contribution in [0.2, 0.25) is 5.15 Å². The number of hydrogen-bond donors (Lipinski definition) is 1. The summed E-state index contributed by atoms with van der Waals surface area (Å²) in [5, 5.41) is 5.26. The number of piperazine rings is 2. The van der Waals surface area contributed by atoms with E-state index < -0.39 is 20.0 Å². The summed E-state index contributed by atoms with van der Waals surface area (Å²) in [6.07, 6.45) is 4.59. The second kappa shape index (κ2) is 21.7. The molecule has 2 saturated heterocycles. The maximum Gasteiger partial charge on any atom is 0.243 e. The zero-order chi connectivity index (χ0) is 48.9. The summed E-state index contributed by atoms with van der Waals surface area (Å²) in [5.74, 6) is 3.19. The van der Waals surface area contributed by atoms with Crippen molar-refractivity contribution < 1.29 is 35.8 Å². The van der Waals surface area contributed by atoms with Gasteiger partial charge in [-0.05, 0) is 80.0 Å². The van der Waals surface area contributed by atoms with E-state index in [0.29, 0.717) is 77.2 Å². The molecule has 0 amide bonds. The fourth-order valence-electron chi connectivity index (χ4n) is 9.00. The smallest absolute Gasteiger partial charge is 0.243 e. The quantitative estimate of drug-likeness (QED) is 0.196. The van der Waals surface area contributed by atoms with E-state index in [4.69, 9.17) is 30.5 Å². The average molecular weight is 1000 g/mol. The number of fused-ring (bicyclic) bond motifs is 4. The van der Waals surface area contributed by atoms with Crippen molar-refractivity contribution in [3.8, 4) is 23.0 Å². The van der Waals surface area contributed by atoms with E-state index in [0.717, 1.165) is 96.4 Å². The minimum absolute atomic E-state index is 0.400. The zero-order valence-corrected chi connectivity index (χ0v) is 42.2. The standard InChI is InChI=1S/C24H29N5O4S.C14H21N3O2S.C10H9ClN2O2/c1-27-9-11-29(12-10-27)34(30,31)23-6-4-5-17-7-8-28(15-19(17)23)24-18-13-21(32-2)22(33-3)14-20(18)25-16-26-24;1-16-7-9-17(10-8-16)20(18,19)14-4-2-3-12-5-6-15-11-13(12)14;1-14-8-3-6-7(4-9(8)15-2)12-5-13-10(6)11/h4-6,13-14,16H,7-12,15H2,1-3H3;2-4,15H,5-11H2,1H3;3-5H,1-2H3. The Morgan fingerprint density at radius 3 is 1.59 bits per heavy atom. The van der Waals surface area contributed by atoms with Gasteiger partial charge in [0.2, 0.25) is 20.0 Å². The number of nitrogens with zero attached hydrogens (tertiary/aromatic N) is 9. The van der Waals surface area contributed by atoms with Crippen LogP contribution in [-0.4, -0.2) is 163 Å². The molecule has 368 valence electrons. The first-order chi connectivity index (χ1) is 33.3. The topological polar surface area (TPSA) is 185 Å². The molecule has 0 aliphatic carbocycles. The van der Waals surface area contributed by atoms with Crippen molar-refractivity contribution in [3.05, 3.63) is 101 Å². The molecule has 0 bridgehead atoms. The first kappa shape index (κ1) is 50.0. The molecule has 0 radical (unpaired) electrons. The third-order valence-corrected chi connectivity index (χ3v) is 17.3. The average Bonchev–Trinajstić information content (AvgIpc) is 3.37. The van der Waals surface area contributed by atoms with Crippen LogP contribution < -0.4 is 29.2 Å². The van der Waals surface area contributed by atoms with Gasteiger partial charge in [0.15, 0.2) is 23.0 Å². The molecule has 6 aromatic rings. The molecule has 1 N–H and O–H groups in total. The Morgan fingerprint density at radius 2 is 1.04 bits per heavy atom. The number of benzene rings is 4. The molecule has 18 nitrogen and oxygen atoms in total. The Labute approximate surface area is 409 Å². The molecule has 4 aliphatic rings. The third kappa shape index (κ3) is 10.7. The number of nitrogens with one attached hydrogen (secondary N) is 1. The molecule has 0 atom stereocenters. The molecule has 0 unspecified atom stereocenters. The number of ether oxygens (including phenoxy) is 4. The first-order valence-corrected chi connectivity index (χ1v) is 26.0. The van der Waals surface area contributed by atoms with Gasteiger partial charge in [-0.2, -0.15) is 8.61 Å². The van der Waals surface area contributed by atoms with Crippen LogP contribution in [0.15, 0.2) is 83.1 Å². The van der Waals surface area contributed by atoms with E-state index in [-0.39, 0.29) is 0 Å². The summed E-state index contributed by atoms with van der Waals surface area (Å²) in [6, 6.07) is 18.5. The lowest BCUT2D eigenvalue weighted by Crippen LogP contribution is -2.47. The highest BCUT2D eigenvalue weighted by molar-refractivity contribution is 7.89. The predicted molar refractivity (Wildman–Crippen MR) is 266 cm³/mol. The maximum absolute atomic E-state index is 13.6. The van der Waals surface area contributed by atoms with Crippen molar-refractivity contribution in [2.45, 2.75) is 35.7 Å². The molecular formula is C48H59ClN10O8S2. The molecule has 6 heterocycles. The van der Waals surface area contributed by atoms with Gasteiger partial charge in [-0.3, -0.25) is 0 Å². The minimum Gasteiger partial charge on any atom is -0.493 e. The third-order valence-electron chi connectivity index (χ3n) is 13.0. The Morgan fingerprint density at radius 1 is 0.565 bits per heavy atom. The number of methoxy groups -OCH3 is 4. The normalized spacial score (nSPS) is 17.2. The van der Waals surface area contributed by atoms with Gasteiger partial charge in [0.25, 0.3) is 0 Å². The number of hydrogen-bond acceptors (Lipinski definition) is 16. The van der Waals surface area contributed by atoms with Crippen LogP contribution in [0.25, 0.3) is 21.8 Å². The van der Waals surface area contributed by atoms with Crippen LogP contribution in [0.3, 0.4) is 0 Å². The largest absolute Gasteiger partial charge is 0.493 e.